The normalized spacial score (nSPS) is 10.5. The summed E-state index contributed by atoms with van der Waals surface area (Å²) < 4.78 is 0.671. The SMILES string of the molecule is CCN(Cc1ccc(Cl)s1)C(=O)c1cccc([N+](=O)[O-])c1C. The van der Waals surface area contributed by atoms with Crippen LogP contribution in [0.3, 0.4) is 0 Å². The van der Waals surface area contributed by atoms with Gasteiger partial charge in [0.15, 0.2) is 0 Å². The summed E-state index contributed by atoms with van der Waals surface area (Å²) in [6.07, 6.45) is 0. The first kappa shape index (κ1) is 16.5. The Balaban J connectivity index is 2.29. The van der Waals surface area contributed by atoms with Gasteiger partial charge in [-0.25, -0.2) is 0 Å². The first-order valence-electron chi connectivity index (χ1n) is 6.71. The standard InChI is InChI=1S/C15H15ClN2O3S/c1-3-17(9-11-7-8-14(16)22-11)15(19)12-5-4-6-13(10(12)2)18(20)21/h4-8H,3,9H2,1-2H3. The number of carbonyl (C=O) groups excluding carboxylic acids is 1. The minimum Gasteiger partial charge on any atom is -0.334 e. The number of nitro groups is 1. The van der Waals surface area contributed by atoms with Crippen LogP contribution in [0.15, 0.2) is 30.3 Å². The number of nitrogens with zero attached hydrogens (tertiary/aromatic N) is 2. The average Bonchev–Trinajstić information content (AvgIpc) is 2.89. The molecule has 1 aromatic heterocycles. The van der Waals surface area contributed by atoms with Gasteiger partial charge in [-0.1, -0.05) is 17.7 Å². The topological polar surface area (TPSA) is 63.5 Å². The zero-order valence-corrected chi connectivity index (χ0v) is 13.8. The number of thiophene rings is 1. The molecule has 0 unspecified atom stereocenters. The Bertz CT molecular complexity index is 715. The van der Waals surface area contributed by atoms with Crippen LogP contribution in [0.2, 0.25) is 4.34 Å². The molecule has 0 atom stereocenters. The van der Waals surface area contributed by atoms with Gasteiger partial charge in [-0.15, -0.1) is 11.3 Å². The van der Waals surface area contributed by atoms with Gasteiger partial charge < -0.3 is 4.90 Å². The van der Waals surface area contributed by atoms with Gasteiger partial charge in [-0.3, -0.25) is 14.9 Å². The third-order valence-corrected chi connectivity index (χ3v) is 4.59. The lowest BCUT2D eigenvalue weighted by atomic mass is 10.1. The molecule has 0 aliphatic heterocycles. The second-order valence-corrected chi connectivity index (χ2v) is 6.53. The van der Waals surface area contributed by atoms with Crippen molar-refractivity contribution in [1.29, 1.82) is 0 Å². The van der Waals surface area contributed by atoms with E-state index in [0.717, 1.165) is 4.88 Å². The number of carbonyl (C=O) groups is 1. The van der Waals surface area contributed by atoms with Crippen LogP contribution >= 0.6 is 22.9 Å². The molecule has 2 rings (SSSR count). The van der Waals surface area contributed by atoms with Crippen LogP contribution in [0.5, 0.6) is 0 Å². The van der Waals surface area contributed by atoms with E-state index in [0.29, 0.717) is 28.6 Å². The van der Waals surface area contributed by atoms with E-state index in [1.165, 1.54) is 23.5 Å². The molecule has 0 saturated heterocycles. The van der Waals surface area contributed by atoms with Crippen molar-refractivity contribution < 1.29 is 9.72 Å². The number of hydrogen-bond donors (Lipinski definition) is 0. The molecule has 22 heavy (non-hydrogen) atoms. The van der Waals surface area contributed by atoms with Crippen LogP contribution in [-0.2, 0) is 6.54 Å². The van der Waals surface area contributed by atoms with E-state index in [1.54, 1.807) is 24.0 Å². The van der Waals surface area contributed by atoms with E-state index in [1.807, 2.05) is 13.0 Å². The smallest absolute Gasteiger partial charge is 0.273 e. The number of nitro benzene ring substituents is 1. The van der Waals surface area contributed by atoms with Crippen LogP contribution in [0.4, 0.5) is 5.69 Å². The van der Waals surface area contributed by atoms with Gasteiger partial charge in [-0.2, -0.15) is 0 Å². The zero-order valence-electron chi connectivity index (χ0n) is 12.2. The van der Waals surface area contributed by atoms with Crippen molar-refractivity contribution in [2.45, 2.75) is 20.4 Å². The third-order valence-electron chi connectivity index (χ3n) is 3.38. The number of rotatable bonds is 5. The van der Waals surface area contributed by atoms with E-state index in [-0.39, 0.29) is 11.6 Å². The maximum absolute atomic E-state index is 12.7. The third kappa shape index (κ3) is 3.45. The molecular weight excluding hydrogens is 324 g/mol. The molecule has 5 nitrogen and oxygen atoms in total. The van der Waals surface area contributed by atoms with E-state index < -0.39 is 4.92 Å². The molecule has 0 spiro atoms. The van der Waals surface area contributed by atoms with Crippen molar-refractivity contribution in [3.05, 3.63) is 60.8 Å². The molecular formula is C15H15ClN2O3S. The second-order valence-electron chi connectivity index (χ2n) is 4.73. The lowest BCUT2D eigenvalue weighted by Gasteiger charge is -2.21. The van der Waals surface area contributed by atoms with Gasteiger partial charge in [0.2, 0.25) is 0 Å². The zero-order chi connectivity index (χ0) is 16.3. The van der Waals surface area contributed by atoms with Crippen LogP contribution in [-0.4, -0.2) is 22.3 Å². The summed E-state index contributed by atoms with van der Waals surface area (Å²) in [5, 5.41) is 11.0. The Kier molecular flexibility index (Phi) is 5.15. The highest BCUT2D eigenvalue weighted by Gasteiger charge is 2.22. The predicted molar refractivity (Wildman–Crippen MR) is 87.6 cm³/mol. The Morgan fingerprint density at radius 1 is 1.36 bits per heavy atom. The first-order valence-corrected chi connectivity index (χ1v) is 7.91. The molecule has 1 amide bonds. The van der Waals surface area contributed by atoms with E-state index in [2.05, 4.69) is 0 Å². The molecule has 116 valence electrons. The maximum Gasteiger partial charge on any atom is 0.273 e. The molecule has 0 radical (unpaired) electrons. The van der Waals surface area contributed by atoms with Gasteiger partial charge in [0.1, 0.15) is 0 Å². The number of benzene rings is 1. The summed E-state index contributed by atoms with van der Waals surface area (Å²) in [7, 11) is 0. The quantitative estimate of drug-likeness (QED) is 0.603. The van der Waals surface area contributed by atoms with Crippen LogP contribution < -0.4 is 0 Å². The molecule has 1 heterocycles. The van der Waals surface area contributed by atoms with Crippen molar-refractivity contribution >= 4 is 34.5 Å². The molecule has 0 bridgehead atoms. The predicted octanol–water partition coefficient (Wildman–Crippen LogP) is 4.28. The molecule has 7 heteroatoms. The molecule has 0 aliphatic carbocycles. The largest absolute Gasteiger partial charge is 0.334 e. The summed E-state index contributed by atoms with van der Waals surface area (Å²) in [4.78, 5) is 25.8. The highest BCUT2D eigenvalue weighted by molar-refractivity contribution is 7.16. The summed E-state index contributed by atoms with van der Waals surface area (Å²) in [5.41, 5.74) is 0.708. The monoisotopic (exact) mass is 338 g/mol. The highest BCUT2D eigenvalue weighted by Crippen LogP contribution is 2.25. The summed E-state index contributed by atoms with van der Waals surface area (Å²) in [5.74, 6) is -0.215. The first-order chi connectivity index (χ1) is 10.4. The summed E-state index contributed by atoms with van der Waals surface area (Å²) in [6.45, 7) is 4.42. The Morgan fingerprint density at radius 3 is 2.64 bits per heavy atom. The minimum absolute atomic E-state index is 0.0407. The molecule has 1 aromatic carbocycles. The number of hydrogen-bond acceptors (Lipinski definition) is 4. The molecule has 2 aromatic rings. The lowest BCUT2D eigenvalue weighted by Crippen LogP contribution is -2.30. The number of halogens is 1. The van der Waals surface area contributed by atoms with Crippen molar-refractivity contribution in [2.24, 2.45) is 0 Å². The Morgan fingerprint density at radius 2 is 2.09 bits per heavy atom. The fraction of sp³-hybridized carbons (Fsp3) is 0.267. The molecule has 0 saturated carbocycles. The Hall–Kier alpha value is -1.92. The van der Waals surface area contributed by atoms with Gasteiger partial charge in [0.05, 0.1) is 15.8 Å². The summed E-state index contributed by atoms with van der Waals surface area (Å²) in [6, 6.07) is 8.23. The second kappa shape index (κ2) is 6.89. The lowest BCUT2D eigenvalue weighted by molar-refractivity contribution is -0.385. The van der Waals surface area contributed by atoms with Crippen molar-refractivity contribution in [3.8, 4) is 0 Å². The van der Waals surface area contributed by atoms with Gasteiger partial charge in [0.25, 0.3) is 11.6 Å². The van der Waals surface area contributed by atoms with Crippen molar-refractivity contribution in [2.75, 3.05) is 6.54 Å². The fourth-order valence-corrected chi connectivity index (χ4v) is 3.28. The van der Waals surface area contributed by atoms with Crippen LogP contribution in [0.1, 0.15) is 27.7 Å². The van der Waals surface area contributed by atoms with E-state index >= 15 is 0 Å². The van der Waals surface area contributed by atoms with Gasteiger partial charge >= 0.3 is 0 Å². The molecule has 0 aliphatic rings. The van der Waals surface area contributed by atoms with Crippen LogP contribution in [0.25, 0.3) is 0 Å². The van der Waals surface area contributed by atoms with E-state index in [4.69, 9.17) is 11.6 Å². The van der Waals surface area contributed by atoms with Gasteiger partial charge in [-0.05, 0) is 32.0 Å². The van der Waals surface area contributed by atoms with Crippen molar-refractivity contribution in [1.82, 2.24) is 4.90 Å². The average molecular weight is 339 g/mol. The minimum atomic E-state index is -0.471. The molecule has 0 fully saturated rings. The highest BCUT2D eigenvalue weighted by atomic mass is 35.5. The van der Waals surface area contributed by atoms with E-state index in [9.17, 15) is 14.9 Å². The number of amides is 1. The Labute approximate surface area is 137 Å². The molecule has 0 N–H and O–H groups in total. The maximum atomic E-state index is 12.7. The van der Waals surface area contributed by atoms with Crippen molar-refractivity contribution in [3.63, 3.8) is 0 Å². The van der Waals surface area contributed by atoms with Gasteiger partial charge in [0, 0.05) is 28.6 Å². The summed E-state index contributed by atoms with van der Waals surface area (Å²) >= 11 is 7.32. The van der Waals surface area contributed by atoms with Crippen LogP contribution in [0, 0.1) is 17.0 Å². The fourth-order valence-electron chi connectivity index (χ4n) is 2.18.